The Bertz CT molecular complexity index is 544. The first-order valence-electron chi connectivity index (χ1n) is 9.12. The molecule has 0 heterocycles. The average Bonchev–Trinajstić information content (AvgIpc) is 2.65. The number of nitrogens with zero attached hydrogens (tertiary/aromatic N) is 2. The lowest BCUT2D eigenvalue weighted by atomic mass is 10.1. The largest absolute Gasteiger partial charge is 0.356 e. The van der Waals surface area contributed by atoms with Gasteiger partial charge < -0.3 is 20.9 Å². The number of guanidine groups is 1. The highest BCUT2D eigenvalue weighted by molar-refractivity contribution is 5.94. The van der Waals surface area contributed by atoms with Crippen molar-refractivity contribution in [2.45, 2.75) is 26.7 Å². The summed E-state index contributed by atoms with van der Waals surface area (Å²) in [5.41, 5.74) is 1.82. The molecule has 0 aromatic heterocycles. The predicted molar refractivity (Wildman–Crippen MR) is 105 cm³/mol. The third-order valence-electron chi connectivity index (χ3n) is 4.05. The number of carbonyl (C=O) groups excluding carboxylic acids is 1. The van der Waals surface area contributed by atoms with Gasteiger partial charge in [0, 0.05) is 39.3 Å². The van der Waals surface area contributed by atoms with Crippen LogP contribution in [0.4, 0.5) is 0 Å². The molecular weight excluding hydrogens is 314 g/mol. The maximum Gasteiger partial charge on any atom is 0.251 e. The van der Waals surface area contributed by atoms with Crippen LogP contribution in [0, 0.1) is 0 Å². The molecule has 0 atom stereocenters. The van der Waals surface area contributed by atoms with E-state index in [0.29, 0.717) is 5.56 Å². The summed E-state index contributed by atoms with van der Waals surface area (Å²) in [6.07, 6.45) is 2.01. The third-order valence-corrected chi connectivity index (χ3v) is 4.05. The van der Waals surface area contributed by atoms with Gasteiger partial charge in [0.25, 0.3) is 5.91 Å². The van der Waals surface area contributed by atoms with Crippen molar-refractivity contribution >= 4 is 11.9 Å². The van der Waals surface area contributed by atoms with Gasteiger partial charge in [0.15, 0.2) is 5.96 Å². The Morgan fingerprint density at radius 1 is 1.16 bits per heavy atom. The van der Waals surface area contributed by atoms with E-state index in [1.54, 1.807) is 14.1 Å². The molecule has 25 heavy (non-hydrogen) atoms. The van der Waals surface area contributed by atoms with Crippen molar-refractivity contribution in [2.75, 3.05) is 46.8 Å². The first-order chi connectivity index (χ1) is 12.1. The zero-order valence-electron chi connectivity index (χ0n) is 16.1. The molecule has 0 fully saturated rings. The van der Waals surface area contributed by atoms with E-state index in [1.807, 2.05) is 24.3 Å². The maximum absolute atomic E-state index is 11.7. The van der Waals surface area contributed by atoms with Gasteiger partial charge in [0.2, 0.25) is 0 Å². The van der Waals surface area contributed by atoms with Gasteiger partial charge in [0.05, 0.1) is 0 Å². The van der Waals surface area contributed by atoms with Crippen molar-refractivity contribution in [1.82, 2.24) is 20.9 Å². The molecule has 3 N–H and O–H groups in total. The predicted octanol–water partition coefficient (Wildman–Crippen LogP) is 1.49. The number of benzene rings is 1. The van der Waals surface area contributed by atoms with E-state index in [0.717, 1.165) is 50.7 Å². The smallest absolute Gasteiger partial charge is 0.251 e. The van der Waals surface area contributed by atoms with Crippen LogP contribution in [-0.4, -0.2) is 63.6 Å². The van der Waals surface area contributed by atoms with Crippen molar-refractivity contribution in [3.63, 3.8) is 0 Å². The third kappa shape index (κ3) is 8.03. The van der Waals surface area contributed by atoms with Gasteiger partial charge in [-0.3, -0.25) is 9.79 Å². The minimum Gasteiger partial charge on any atom is -0.356 e. The van der Waals surface area contributed by atoms with E-state index < -0.39 is 0 Å². The lowest BCUT2D eigenvalue weighted by Crippen LogP contribution is -2.42. The SMILES string of the molecule is CCCN(CC)CCNC(=NC)NCCc1cccc(C(=O)NC)c1. The van der Waals surface area contributed by atoms with Crippen LogP contribution in [0.2, 0.25) is 0 Å². The Balaban J connectivity index is 2.37. The number of likely N-dealkylation sites (N-methyl/N-ethyl adjacent to an activating group) is 1. The monoisotopic (exact) mass is 347 g/mol. The minimum atomic E-state index is -0.0557. The van der Waals surface area contributed by atoms with E-state index in [2.05, 4.69) is 39.7 Å². The van der Waals surface area contributed by atoms with Gasteiger partial charge in [-0.15, -0.1) is 0 Å². The second-order valence-electron chi connectivity index (χ2n) is 5.89. The van der Waals surface area contributed by atoms with Crippen LogP contribution in [0.1, 0.15) is 36.2 Å². The summed E-state index contributed by atoms with van der Waals surface area (Å²) in [5, 5.41) is 9.33. The number of rotatable bonds is 10. The van der Waals surface area contributed by atoms with Crippen LogP contribution >= 0.6 is 0 Å². The van der Waals surface area contributed by atoms with Crippen LogP contribution in [0.25, 0.3) is 0 Å². The van der Waals surface area contributed by atoms with Crippen LogP contribution in [-0.2, 0) is 6.42 Å². The number of carbonyl (C=O) groups is 1. The molecular formula is C19H33N5O. The van der Waals surface area contributed by atoms with E-state index in [1.165, 1.54) is 6.42 Å². The lowest BCUT2D eigenvalue weighted by Gasteiger charge is -2.20. The first-order valence-corrected chi connectivity index (χ1v) is 9.12. The van der Waals surface area contributed by atoms with E-state index in [4.69, 9.17) is 0 Å². The van der Waals surface area contributed by atoms with Gasteiger partial charge in [0.1, 0.15) is 0 Å². The zero-order chi connectivity index (χ0) is 18.5. The Labute approximate surface area is 152 Å². The zero-order valence-corrected chi connectivity index (χ0v) is 16.1. The summed E-state index contributed by atoms with van der Waals surface area (Å²) >= 11 is 0. The molecule has 0 bridgehead atoms. The summed E-state index contributed by atoms with van der Waals surface area (Å²) in [5.74, 6) is 0.759. The van der Waals surface area contributed by atoms with Crippen LogP contribution < -0.4 is 16.0 Å². The summed E-state index contributed by atoms with van der Waals surface area (Å²) in [6, 6.07) is 7.71. The quantitative estimate of drug-likeness (QED) is 0.443. The molecule has 0 aliphatic rings. The second kappa shape index (κ2) is 12.3. The Morgan fingerprint density at radius 2 is 1.92 bits per heavy atom. The maximum atomic E-state index is 11.7. The summed E-state index contributed by atoms with van der Waals surface area (Å²) in [7, 11) is 3.43. The first kappa shape index (κ1) is 21.0. The number of hydrogen-bond donors (Lipinski definition) is 3. The summed E-state index contributed by atoms with van der Waals surface area (Å²) < 4.78 is 0. The Hall–Kier alpha value is -2.08. The Kier molecular flexibility index (Phi) is 10.3. The molecule has 1 amide bonds. The van der Waals surface area contributed by atoms with E-state index >= 15 is 0 Å². The summed E-state index contributed by atoms with van der Waals surface area (Å²) in [4.78, 5) is 18.4. The molecule has 0 aliphatic carbocycles. The minimum absolute atomic E-state index is 0.0557. The number of nitrogens with one attached hydrogen (secondary N) is 3. The van der Waals surface area contributed by atoms with Gasteiger partial charge >= 0.3 is 0 Å². The van der Waals surface area contributed by atoms with Crippen molar-refractivity contribution in [2.24, 2.45) is 4.99 Å². The highest BCUT2D eigenvalue weighted by Crippen LogP contribution is 2.05. The highest BCUT2D eigenvalue weighted by Gasteiger charge is 2.04. The van der Waals surface area contributed by atoms with E-state index in [9.17, 15) is 4.79 Å². The van der Waals surface area contributed by atoms with Crippen LogP contribution in [0.15, 0.2) is 29.3 Å². The summed E-state index contributed by atoms with van der Waals surface area (Å²) in [6.45, 7) is 9.25. The second-order valence-corrected chi connectivity index (χ2v) is 5.89. The number of amides is 1. The van der Waals surface area contributed by atoms with E-state index in [-0.39, 0.29) is 5.91 Å². The van der Waals surface area contributed by atoms with Gasteiger partial charge in [-0.05, 0) is 43.6 Å². The van der Waals surface area contributed by atoms with Gasteiger partial charge in [-0.2, -0.15) is 0 Å². The fraction of sp³-hybridized carbons (Fsp3) is 0.579. The van der Waals surface area contributed by atoms with Gasteiger partial charge in [-0.25, -0.2) is 0 Å². The average molecular weight is 348 g/mol. The molecule has 0 unspecified atom stereocenters. The molecule has 6 heteroatoms. The fourth-order valence-corrected chi connectivity index (χ4v) is 2.63. The van der Waals surface area contributed by atoms with Gasteiger partial charge in [-0.1, -0.05) is 26.0 Å². The highest BCUT2D eigenvalue weighted by atomic mass is 16.1. The van der Waals surface area contributed by atoms with Crippen molar-refractivity contribution in [3.05, 3.63) is 35.4 Å². The van der Waals surface area contributed by atoms with Crippen LogP contribution in [0.5, 0.6) is 0 Å². The van der Waals surface area contributed by atoms with Crippen LogP contribution in [0.3, 0.4) is 0 Å². The van der Waals surface area contributed by atoms with Crippen molar-refractivity contribution < 1.29 is 4.79 Å². The molecule has 140 valence electrons. The molecule has 0 saturated carbocycles. The molecule has 0 spiro atoms. The molecule has 0 radical (unpaired) electrons. The van der Waals surface area contributed by atoms with Crippen molar-refractivity contribution in [1.29, 1.82) is 0 Å². The molecule has 1 aromatic rings. The standard InChI is InChI=1S/C19H33N5O/c1-5-13-24(6-2)14-12-23-19(21-4)22-11-10-16-8-7-9-17(15-16)18(25)20-3/h7-9,15H,5-6,10-14H2,1-4H3,(H,20,25)(H2,21,22,23). The number of aliphatic imine (C=N–C) groups is 1. The number of hydrogen-bond acceptors (Lipinski definition) is 3. The molecule has 1 aromatic carbocycles. The lowest BCUT2D eigenvalue weighted by molar-refractivity contribution is 0.0963. The molecule has 1 rings (SSSR count). The Morgan fingerprint density at radius 3 is 2.56 bits per heavy atom. The fourth-order valence-electron chi connectivity index (χ4n) is 2.63. The topological polar surface area (TPSA) is 68.8 Å². The van der Waals surface area contributed by atoms with Crippen molar-refractivity contribution in [3.8, 4) is 0 Å². The molecule has 0 saturated heterocycles. The molecule has 6 nitrogen and oxygen atoms in total. The normalized spacial score (nSPS) is 11.5. The molecule has 0 aliphatic heterocycles.